The van der Waals surface area contributed by atoms with Crippen molar-refractivity contribution in [3.05, 3.63) is 65.7 Å². The molecule has 4 rings (SSSR count). The van der Waals surface area contributed by atoms with Gasteiger partial charge in [0, 0.05) is 11.4 Å². The average Bonchev–Trinajstić information content (AvgIpc) is 3.31. The molecule has 2 unspecified atom stereocenters. The Morgan fingerprint density at radius 1 is 1.06 bits per heavy atom. The van der Waals surface area contributed by atoms with Gasteiger partial charge < -0.3 is 5.32 Å². The van der Waals surface area contributed by atoms with Crippen molar-refractivity contribution >= 4 is 23.4 Å². The standard InChI is InChI=1S/C27H34FN5OS/c1-4-19(2)23-10-6-7-11-24(23)29-25(34)18-35-27-31-30-26(20(3)32-16-8-5-9-17-32)33(27)22-14-12-21(28)13-15-22/h6-7,10-15,19-20H,4-5,8-9,16-18H2,1-3H3,(H,29,34). The second kappa shape index (κ2) is 11.8. The minimum Gasteiger partial charge on any atom is -0.325 e. The van der Waals surface area contributed by atoms with Crippen molar-refractivity contribution in [1.82, 2.24) is 19.7 Å². The van der Waals surface area contributed by atoms with Crippen LogP contribution in [0.5, 0.6) is 0 Å². The van der Waals surface area contributed by atoms with E-state index in [0.717, 1.165) is 42.3 Å². The Morgan fingerprint density at radius 2 is 1.77 bits per heavy atom. The van der Waals surface area contributed by atoms with Crippen LogP contribution in [0.25, 0.3) is 5.69 Å². The predicted octanol–water partition coefficient (Wildman–Crippen LogP) is 6.20. The fourth-order valence-electron chi connectivity index (χ4n) is 4.52. The lowest BCUT2D eigenvalue weighted by atomic mass is 9.97. The summed E-state index contributed by atoms with van der Waals surface area (Å²) < 4.78 is 15.6. The van der Waals surface area contributed by atoms with Crippen molar-refractivity contribution in [2.45, 2.75) is 63.6 Å². The molecule has 1 fully saturated rings. The SMILES string of the molecule is CCC(C)c1ccccc1NC(=O)CSc1nnc(C(C)N2CCCCC2)n1-c1ccc(F)cc1. The summed E-state index contributed by atoms with van der Waals surface area (Å²) in [5, 5.41) is 12.7. The summed E-state index contributed by atoms with van der Waals surface area (Å²) in [7, 11) is 0. The number of rotatable bonds is 9. The second-order valence-corrected chi connectivity index (χ2v) is 10.1. The topological polar surface area (TPSA) is 63.1 Å². The van der Waals surface area contributed by atoms with E-state index in [1.165, 1.54) is 43.2 Å². The van der Waals surface area contributed by atoms with Gasteiger partial charge in [-0.15, -0.1) is 10.2 Å². The highest BCUT2D eigenvalue weighted by Crippen LogP contribution is 2.30. The van der Waals surface area contributed by atoms with Gasteiger partial charge >= 0.3 is 0 Å². The first-order chi connectivity index (χ1) is 17.0. The Kier molecular flexibility index (Phi) is 8.57. The number of likely N-dealkylation sites (tertiary alicyclic amines) is 1. The number of piperidine rings is 1. The Hall–Kier alpha value is -2.71. The van der Waals surface area contributed by atoms with Crippen LogP contribution >= 0.6 is 11.8 Å². The number of carbonyl (C=O) groups excluding carboxylic acids is 1. The van der Waals surface area contributed by atoms with E-state index in [2.05, 4.69) is 47.3 Å². The van der Waals surface area contributed by atoms with Crippen molar-refractivity contribution in [2.24, 2.45) is 0 Å². The van der Waals surface area contributed by atoms with Gasteiger partial charge in [0.05, 0.1) is 11.8 Å². The fraction of sp³-hybridized carbons (Fsp3) is 0.444. The van der Waals surface area contributed by atoms with E-state index >= 15 is 0 Å². The Morgan fingerprint density at radius 3 is 2.49 bits per heavy atom. The molecular formula is C27H34FN5OS. The molecule has 3 aromatic rings. The van der Waals surface area contributed by atoms with Crippen molar-refractivity contribution < 1.29 is 9.18 Å². The third kappa shape index (κ3) is 6.11. The summed E-state index contributed by atoms with van der Waals surface area (Å²) in [5.41, 5.74) is 2.78. The summed E-state index contributed by atoms with van der Waals surface area (Å²) in [6.07, 6.45) is 4.61. The van der Waals surface area contributed by atoms with Crippen LogP contribution in [0, 0.1) is 5.82 Å². The van der Waals surface area contributed by atoms with Gasteiger partial charge in [0.25, 0.3) is 0 Å². The molecule has 0 aliphatic carbocycles. The highest BCUT2D eigenvalue weighted by atomic mass is 32.2. The maximum absolute atomic E-state index is 13.6. The van der Waals surface area contributed by atoms with E-state index in [0.29, 0.717) is 11.1 Å². The second-order valence-electron chi connectivity index (χ2n) is 9.16. The van der Waals surface area contributed by atoms with Crippen LogP contribution in [0.2, 0.25) is 0 Å². The van der Waals surface area contributed by atoms with Gasteiger partial charge in [-0.2, -0.15) is 0 Å². The molecule has 0 radical (unpaired) electrons. The smallest absolute Gasteiger partial charge is 0.234 e. The predicted molar refractivity (Wildman–Crippen MR) is 140 cm³/mol. The lowest BCUT2D eigenvalue weighted by molar-refractivity contribution is -0.113. The van der Waals surface area contributed by atoms with Crippen LogP contribution in [0.15, 0.2) is 53.7 Å². The highest BCUT2D eigenvalue weighted by molar-refractivity contribution is 7.99. The zero-order valence-corrected chi connectivity index (χ0v) is 21.5. The number of benzene rings is 2. The van der Waals surface area contributed by atoms with Gasteiger partial charge in [0.1, 0.15) is 5.82 Å². The molecular weight excluding hydrogens is 461 g/mol. The number of nitrogens with one attached hydrogen (secondary N) is 1. The minimum atomic E-state index is -0.291. The fourth-order valence-corrected chi connectivity index (χ4v) is 5.28. The molecule has 1 aliphatic rings. The van der Waals surface area contributed by atoms with Crippen LogP contribution < -0.4 is 5.32 Å². The molecule has 8 heteroatoms. The van der Waals surface area contributed by atoms with Gasteiger partial charge in [-0.25, -0.2) is 4.39 Å². The molecule has 0 saturated carbocycles. The summed E-state index contributed by atoms with van der Waals surface area (Å²) in [6, 6.07) is 14.4. The molecule has 1 aromatic heterocycles. The van der Waals surface area contributed by atoms with Crippen LogP contribution in [-0.4, -0.2) is 44.4 Å². The third-order valence-corrected chi connectivity index (χ3v) is 7.69. The van der Waals surface area contributed by atoms with E-state index in [1.54, 1.807) is 12.1 Å². The number of hydrogen-bond donors (Lipinski definition) is 1. The molecule has 2 atom stereocenters. The highest BCUT2D eigenvalue weighted by Gasteiger charge is 2.26. The average molecular weight is 496 g/mol. The summed E-state index contributed by atoms with van der Waals surface area (Å²) in [6.45, 7) is 8.50. The van der Waals surface area contributed by atoms with E-state index in [4.69, 9.17) is 0 Å². The molecule has 1 amide bonds. The first-order valence-corrected chi connectivity index (χ1v) is 13.4. The van der Waals surface area contributed by atoms with Gasteiger partial charge in [-0.1, -0.05) is 50.2 Å². The maximum Gasteiger partial charge on any atom is 0.234 e. The lowest BCUT2D eigenvalue weighted by Gasteiger charge is -2.31. The summed E-state index contributed by atoms with van der Waals surface area (Å²) in [5.74, 6) is 0.987. The van der Waals surface area contributed by atoms with Crippen LogP contribution in [0.3, 0.4) is 0 Å². The normalized spacial score (nSPS) is 16.1. The Bertz CT molecular complexity index is 1130. The van der Waals surface area contributed by atoms with E-state index < -0.39 is 0 Å². The molecule has 0 spiro atoms. The molecule has 1 aliphatic heterocycles. The first-order valence-electron chi connectivity index (χ1n) is 12.4. The van der Waals surface area contributed by atoms with Crippen LogP contribution in [0.1, 0.15) is 69.8 Å². The largest absolute Gasteiger partial charge is 0.325 e. The zero-order chi connectivity index (χ0) is 24.8. The number of nitrogens with zero attached hydrogens (tertiary/aromatic N) is 4. The number of anilines is 1. The van der Waals surface area contributed by atoms with Crippen molar-refractivity contribution in [2.75, 3.05) is 24.2 Å². The number of halogens is 1. The van der Waals surface area contributed by atoms with Gasteiger partial charge in [0.15, 0.2) is 11.0 Å². The monoisotopic (exact) mass is 495 g/mol. The zero-order valence-electron chi connectivity index (χ0n) is 20.7. The molecule has 2 aromatic carbocycles. The Labute approximate surface area is 211 Å². The number of carbonyl (C=O) groups is 1. The number of hydrogen-bond acceptors (Lipinski definition) is 5. The number of aromatic nitrogens is 3. The van der Waals surface area contributed by atoms with Crippen molar-refractivity contribution in [3.63, 3.8) is 0 Å². The number of thioether (sulfide) groups is 1. The van der Waals surface area contributed by atoms with Crippen LogP contribution in [-0.2, 0) is 4.79 Å². The van der Waals surface area contributed by atoms with Gasteiger partial charge in [-0.05, 0) is 81.1 Å². The van der Waals surface area contributed by atoms with Gasteiger partial charge in [0.2, 0.25) is 5.91 Å². The number of amides is 1. The summed E-state index contributed by atoms with van der Waals surface area (Å²) >= 11 is 1.34. The molecule has 2 heterocycles. The first kappa shape index (κ1) is 25.4. The van der Waals surface area contributed by atoms with Gasteiger partial charge in [-0.3, -0.25) is 14.3 Å². The van der Waals surface area contributed by atoms with Crippen molar-refractivity contribution in [1.29, 1.82) is 0 Å². The molecule has 1 saturated heterocycles. The Balaban J connectivity index is 1.54. The van der Waals surface area contributed by atoms with E-state index in [1.807, 2.05) is 22.8 Å². The third-order valence-electron chi connectivity index (χ3n) is 6.77. The molecule has 0 bridgehead atoms. The molecule has 1 N–H and O–H groups in total. The van der Waals surface area contributed by atoms with Crippen molar-refractivity contribution in [3.8, 4) is 5.69 Å². The molecule has 186 valence electrons. The molecule has 6 nitrogen and oxygen atoms in total. The van der Waals surface area contributed by atoms with E-state index in [9.17, 15) is 9.18 Å². The van der Waals surface area contributed by atoms with Crippen LogP contribution in [0.4, 0.5) is 10.1 Å². The lowest BCUT2D eigenvalue weighted by Crippen LogP contribution is -2.33. The number of para-hydroxylation sites is 1. The molecule has 35 heavy (non-hydrogen) atoms. The quantitative estimate of drug-likeness (QED) is 0.358. The maximum atomic E-state index is 13.6. The minimum absolute atomic E-state index is 0.0680. The summed E-state index contributed by atoms with van der Waals surface area (Å²) in [4.78, 5) is 15.3. The van der Waals surface area contributed by atoms with E-state index in [-0.39, 0.29) is 23.5 Å².